The van der Waals surface area contributed by atoms with Crippen molar-refractivity contribution in [2.45, 2.75) is 59.0 Å². The van der Waals surface area contributed by atoms with E-state index in [1.807, 2.05) is 6.07 Å². The van der Waals surface area contributed by atoms with E-state index >= 15 is 4.39 Å². The van der Waals surface area contributed by atoms with Gasteiger partial charge in [-0.05, 0) is 85.3 Å². The van der Waals surface area contributed by atoms with Gasteiger partial charge in [0.05, 0.1) is 11.6 Å². The first kappa shape index (κ1) is 29.2. The fourth-order valence-corrected chi connectivity index (χ4v) is 7.31. The van der Waals surface area contributed by atoms with Crippen molar-refractivity contribution in [1.29, 1.82) is 0 Å². The van der Waals surface area contributed by atoms with Crippen LogP contribution in [0, 0.1) is 29.0 Å². The molecule has 3 N–H and O–H groups in total. The van der Waals surface area contributed by atoms with E-state index < -0.39 is 11.7 Å². The molecule has 5 atom stereocenters. The molecule has 4 fully saturated rings. The van der Waals surface area contributed by atoms with E-state index in [1.54, 1.807) is 18.2 Å². The number of carbonyl (C=O) groups excluding carboxylic acids is 1. The number of piperazine rings is 1. The fourth-order valence-electron chi connectivity index (χ4n) is 6.80. The highest BCUT2D eigenvalue weighted by atomic mass is 35.5. The average Bonchev–Trinajstić information content (AvgIpc) is 2.90. The fraction of sp³-hybridized carbons (Fsp3) is 0.548. The summed E-state index contributed by atoms with van der Waals surface area (Å²) in [6.07, 6.45) is 2.91. The van der Waals surface area contributed by atoms with E-state index in [-0.39, 0.29) is 11.6 Å². The topological polar surface area (TPSA) is 68.8 Å². The van der Waals surface area contributed by atoms with Gasteiger partial charge in [0.1, 0.15) is 5.82 Å². The zero-order valence-electron chi connectivity index (χ0n) is 23.7. The van der Waals surface area contributed by atoms with E-state index in [0.29, 0.717) is 57.9 Å². The molecule has 0 radical (unpaired) electrons. The van der Waals surface area contributed by atoms with Crippen molar-refractivity contribution in [3.05, 3.63) is 63.4 Å². The molecular formula is C31H40Cl2FN5O. The van der Waals surface area contributed by atoms with Gasteiger partial charge < -0.3 is 20.9 Å². The van der Waals surface area contributed by atoms with Crippen LogP contribution in [-0.4, -0.2) is 55.0 Å². The molecule has 3 saturated carbocycles. The van der Waals surface area contributed by atoms with Gasteiger partial charge in [0, 0.05) is 48.0 Å². The lowest BCUT2D eigenvalue weighted by Crippen LogP contribution is -2.57. The van der Waals surface area contributed by atoms with Crippen LogP contribution < -0.4 is 16.0 Å². The highest BCUT2D eigenvalue weighted by molar-refractivity contribution is 6.35. The van der Waals surface area contributed by atoms with Crippen molar-refractivity contribution in [2.24, 2.45) is 28.2 Å². The van der Waals surface area contributed by atoms with E-state index in [0.717, 1.165) is 37.6 Å². The number of benzene rings is 2. The number of hydrogen-bond acceptors (Lipinski definition) is 3. The normalized spacial score (nSPS) is 27.6. The molecule has 2 bridgehead atoms. The number of nitrogens with one attached hydrogen (secondary N) is 3. The summed E-state index contributed by atoms with van der Waals surface area (Å²) in [5, 5.41) is 10.8. The molecule has 9 heteroatoms. The summed E-state index contributed by atoms with van der Waals surface area (Å²) in [6, 6.07) is 10.5. The molecule has 0 aromatic heterocycles. The standard InChI is InChI=1S/C31H40Cl2FN5O/c1-18-17-39(12-11-35-18)30(38-28-14-21-13-25(19(28)2)31(21,3)4)37-23-7-8-24(27(34)16-23)29(40)36-10-9-20-5-6-22(32)15-26(20)33/h5-8,15-16,18-19,21,25,28,35H,9-14,17H2,1-4H3,(H,36,40)(H,37,38)/t18-,19-,21+,25-,28-/m0/s1. The lowest BCUT2D eigenvalue weighted by Gasteiger charge is -2.61. The minimum absolute atomic E-state index is 0.00487. The summed E-state index contributed by atoms with van der Waals surface area (Å²) >= 11 is 12.2. The number of amides is 1. The Morgan fingerprint density at radius 3 is 2.65 bits per heavy atom. The zero-order chi connectivity index (χ0) is 28.6. The van der Waals surface area contributed by atoms with Gasteiger partial charge in [-0.3, -0.25) is 4.79 Å². The lowest BCUT2D eigenvalue weighted by molar-refractivity contribution is -0.108. The zero-order valence-corrected chi connectivity index (χ0v) is 25.2. The van der Waals surface area contributed by atoms with Gasteiger partial charge in [0.2, 0.25) is 0 Å². The number of fused-ring (bicyclic) bond motifs is 2. The Morgan fingerprint density at radius 2 is 1.98 bits per heavy atom. The van der Waals surface area contributed by atoms with Gasteiger partial charge >= 0.3 is 0 Å². The SMILES string of the molecule is C[C@@H]1[C@@H](/N=C(\Nc2ccc(C(=O)NCCc3ccc(Cl)cc3Cl)c(F)c2)N2CCN[C@@H](C)C2)C[C@H]2C[C@@H]1C2(C)C. The van der Waals surface area contributed by atoms with Gasteiger partial charge in [0.15, 0.2) is 5.96 Å². The van der Waals surface area contributed by atoms with Gasteiger partial charge in [-0.1, -0.05) is 50.0 Å². The van der Waals surface area contributed by atoms with E-state index in [2.05, 4.69) is 48.5 Å². The first-order valence-electron chi connectivity index (χ1n) is 14.4. The molecule has 1 saturated heterocycles. The Balaban J connectivity index is 1.27. The number of rotatable bonds is 6. The minimum atomic E-state index is -0.575. The monoisotopic (exact) mass is 587 g/mol. The van der Waals surface area contributed by atoms with Crippen LogP contribution in [0.2, 0.25) is 10.0 Å². The van der Waals surface area contributed by atoms with Crippen LogP contribution in [-0.2, 0) is 6.42 Å². The molecule has 40 heavy (non-hydrogen) atoms. The van der Waals surface area contributed by atoms with Crippen LogP contribution in [0.15, 0.2) is 41.4 Å². The van der Waals surface area contributed by atoms with Gasteiger partial charge in [0.25, 0.3) is 5.91 Å². The molecular weight excluding hydrogens is 548 g/mol. The number of hydrogen-bond donors (Lipinski definition) is 3. The summed E-state index contributed by atoms with van der Waals surface area (Å²) in [4.78, 5) is 20.3. The Hall–Kier alpha value is -2.35. The van der Waals surface area contributed by atoms with Gasteiger partial charge in [-0.15, -0.1) is 0 Å². The molecule has 6 rings (SSSR count). The van der Waals surface area contributed by atoms with Crippen LogP contribution in [0.1, 0.15) is 56.5 Å². The number of carbonyl (C=O) groups is 1. The van der Waals surface area contributed by atoms with E-state index in [4.69, 9.17) is 28.2 Å². The number of anilines is 1. The van der Waals surface area contributed by atoms with Crippen molar-refractivity contribution in [3.8, 4) is 0 Å². The maximum atomic E-state index is 15.2. The van der Waals surface area contributed by atoms with Crippen LogP contribution in [0.4, 0.5) is 10.1 Å². The largest absolute Gasteiger partial charge is 0.352 e. The van der Waals surface area contributed by atoms with Crippen molar-refractivity contribution in [2.75, 3.05) is 31.5 Å². The highest BCUT2D eigenvalue weighted by Crippen LogP contribution is 2.61. The first-order valence-corrected chi connectivity index (χ1v) is 15.1. The average molecular weight is 589 g/mol. The van der Waals surface area contributed by atoms with Crippen LogP contribution in [0.3, 0.4) is 0 Å². The molecule has 2 aromatic rings. The van der Waals surface area contributed by atoms with Gasteiger partial charge in [-0.2, -0.15) is 0 Å². The number of guanidine groups is 1. The summed E-state index contributed by atoms with van der Waals surface area (Å²) in [5.74, 6) is 1.65. The lowest BCUT2D eigenvalue weighted by atomic mass is 9.45. The van der Waals surface area contributed by atoms with Gasteiger partial charge in [-0.25, -0.2) is 9.38 Å². The second-order valence-electron chi connectivity index (χ2n) is 12.3. The maximum Gasteiger partial charge on any atom is 0.254 e. The molecule has 0 unspecified atom stereocenters. The van der Waals surface area contributed by atoms with E-state index in [9.17, 15) is 4.79 Å². The number of nitrogens with zero attached hydrogens (tertiary/aromatic N) is 2. The Kier molecular flexibility index (Phi) is 8.65. The first-order chi connectivity index (χ1) is 19.0. The summed E-state index contributed by atoms with van der Waals surface area (Å²) in [5.41, 5.74) is 1.85. The third kappa shape index (κ3) is 6.12. The minimum Gasteiger partial charge on any atom is -0.352 e. The Labute approximate surface area is 247 Å². The molecule has 1 aliphatic heterocycles. The third-order valence-electron chi connectivity index (χ3n) is 9.44. The van der Waals surface area contributed by atoms with E-state index in [1.165, 1.54) is 18.6 Å². The van der Waals surface area contributed by atoms with Crippen molar-refractivity contribution in [3.63, 3.8) is 0 Å². The number of halogens is 3. The summed E-state index contributed by atoms with van der Waals surface area (Å²) in [6.45, 7) is 12.1. The third-order valence-corrected chi connectivity index (χ3v) is 10.0. The van der Waals surface area contributed by atoms with Crippen LogP contribution in [0.25, 0.3) is 0 Å². The second-order valence-corrected chi connectivity index (χ2v) is 13.2. The van der Waals surface area contributed by atoms with Crippen LogP contribution >= 0.6 is 23.2 Å². The van der Waals surface area contributed by atoms with Crippen LogP contribution in [0.5, 0.6) is 0 Å². The molecule has 216 valence electrons. The summed E-state index contributed by atoms with van der Waals surface area (Å²) < 4.78 is 15.2. The molecule has 6 nitrogen and oxygen atoms in total. The smallest absolute Gasteiger partial charge is 0.254 e. The molecule has 0 spiro atoms. The quantitative estimate of drug-likeness (QED) is 0.276. The van der Waals surface area contributed by atoms with Crippen molar-refractivity contribution in [1.82, 2.24) is 15.5 Å². The Morgan fingerprint density at radius 1 is 1.18 bits per heavy atom. The second kappa shape index (κ2) is 11.9. The maximum absolute atomic E-state index is 15.2. The van der Waals surface area contributed by atoms with Crippen molar-refractivity contribution >= 4 is 40.8 Å². The predicted octanol–water partition coefficient (Wildman–Crippen LogP) is 6.24. The highest BCUT2D eigenvalue weighted by Gasteiger charge is 2.56. The summed E-state index contributed by atoms with van der Waals surface area (Å²) in [7, 11) is 0. The predicted molar refractivity (Wildman–Crippen MR) is 162 cm³/mol. The number of aliphatic imine (C=N–C) groups is 1. The molecule has 4 aliphatic rings. The Bertz CT molecular complexity index is 1280. The molecule has 2 aromatic carbocycles. The molecule has 1 amide bonds. The molecule has 3 aliphatic carbocycles. The molecule has 1 heterocycles. The van der Waals surface area contributed by atoms with Crippen molar-refractivity contribution < 1.29 is 9.18 Å².